The molecule has 1 unspecified atom stereocenters. The fourth-order valence-corrected chi connectivity index (χ4v) is 2.75. The number of carbonyl (C=O) groups excluding carboxylic acids is 2. The van der Waals surface area contributed by atoms with Crippen LogP contribution in [0.5, 0.6) is 0 Å². The van der Waals surface area contributed by atoms with Crippen LogP contribution in [0.15, 0.2) is 48.5 Å². The minimum atomic E-state index is -0.504. The molecule has 0 saturated carbocycles. The lowest BCUT2D eigenvalue weighted by Gasteiger charge is -2.16. The Morgan fingerprint density at radius 3 is 2.30 bits per heavy atom. The van der Waals surface area contributed by atoms with E-state index in [0.29, 0.717) is 5.69 Å². The van der Waals surface area contributed by atoms with Crippen molar-refractivity contribution in [2.45, 2.75) is 32.7 Å². The minimum absolute atomic E-state index is 0.163. The average molecular weight is 308 g/mol. The molecule has 0 aliphatic carbocycles. The van der Waals surface area contributed by atoms with Crippen molar-refractivity contribution in [2.24, 2.45) is 0 Å². The molecule has 0 spiro atoms. The van der Waals surface area contributed by atoms with Crippen molar-refractivity contribution in [3.05, 3.63) is 59.7 Å². The van der Waals surface area contributed by atoms with E-state index >= 15 is 0 Å². The van der Waals surface area contributed by atoms with Gasteiger partial charge in [-0.15, -0.1) is 0 Å². The van der Waals surface area contributed by atoms with Crippen molar-refractivity contribution < 1.29 is 9.59 Å². The second-order valence-electron chi connectivity index (χ2n) is 5.85. The molecule has 2 aromatic carbocycles. The first-order chi connectivity index (χ1) is 11.1. The van der Waals surface area contributed by atoms with E-state index in [9.17, 15) is 9.59 Å². The summed E-state index contributed by atoms with van der Waals surface area (Å²) in [6.45, 7) is 4.08. The van der Waals surface area contributed by atoms with Crippen molar-refractivity contribution in [3.8, 4) is 0 Å². The predicted molar refractivity (Wildman–Crippen MR) is 91.5 cm³/mol. The topological polar surface area (TPSA) is 49.4 Å². The van der Waals surface area contributed by atoms with Gasteiger partial charge in [0, 0.05) is 5.69 Å². The van der Waals surface area contributed by atoms with Gasteiger partial charge >= 0.3 is 0 Å². The van der Waals surface area contributed by atoms with Crippen LogP contribution < -0.4 is 10.2 Å². The summed E-state index contributed by atoms with van der Waals surface area (Å²) < 4.78 is 0. The lowest BCUT2D eigenvalue weighted by atomic mass is 10.1. The molecule has 1 N–H and O–H groups in total. The summed E-state index contributed by atoms with van der Waals surface area (Å²) in [5, 5.41) is 3.16. The molecule has 1 atom stereocenters. The highest BCUT2D eigenvalue weighted by Crippen LogP contribution is 2.25. The fourth-order valence-electron chi connectivity index (χ4n) is 2.75. The normalized spacial score (nSPS) is 17.7. The van der Waals surface area contributed by atoms with Gasteiger partial charge in [0.05, 0.1) is 12.1 Å². The van der Waals surface area contributed by atoms with Gasteiger partial charge in [-0.2, -0.15) is 0 Å². The molecule has 3 rings (SSSR count). The van der Waals surface area contributed by atoms with Crippen molar-refractivity contribution in [2.75, 3.05) is 10.2 Å². The van der Waals surface area contributed by atoms with E-state index in [-0.39, 0.29) is 18.2 Å². The van der Waals surface area contributed by atoms with E-state index in [2.05, 4.69) is 12.2 Å². The maximum Gasteiger partial charge on any atom is 0.256 e. The molecule has 0 radical (unpaired) electrons. The third-order valence-electron chi connectivity index (χ3n) is 4.14. The standard InChI is InChI=1S/C19H20N2O2/c1-3-14-6-10-16(11-7-14)21-18(22)12-17(19(21)23)20-15-8-4-13(2)5-9-15/h4-11,17,20H,3,12H2,1-2H3. The van der Waals surface area contributed by atoms with Gasteiger partial charge in [0.15, 0.2) is 0 Å². The highest BCUT2D eigenvalue weighted by atomic mass is 16.2. The zero-order valence-electron chi connectivity index (χ0n) is 13.4. The average Bonchev–Trinajstić information content (AvgIpc) is 2.84. The predicted octanol–water partition coefficient (Wildman–Crippen LogP) is 3.30. The first kappa shape index (κ1) is 15.3. The Bertz CT molecular complexity index is 720. The van der Waals surface area contributed by atoms with Crippen LogP contribution in [0.3, 0.4) is 0 Å². The van der Waals surface area contributed by atoms with Gasteiger partial charge in [0.1, 0.15) is 6.04 Å². The van der Waals surface area contributed by atoms with Gasteiger partial charge in [0.25, 0.3) is 5.91 Å². The Morgan fingerprint density at radius 2 is 1.70 bits per heavy atom. The van der Waals surface area contributed by atoms with Gasteiger partial charge in [-0.05, 0) is 43.2 Å². The van der Waals surface area contributed by atoms with Crippen LogP contribution in [-0.2, 0) is 16.0 Å². The molecule has 1 fully saturated rings. The number of benzene rings is 2. The lowest BCUT2D eigenvalue weighted by Crippen LogP contribution is -2.34. The van der Waals surface area contributed by atoms with Crippen molar-refractivity contribution in [3.63, 3.8) is 0 Å². The third-order valence-corrected chi connectivity index (χ3v) is 4.14. The van der Waals surface area contributed by atoms with Crippen molar-refractivity contribution in [1.82, 2.24) is 0 Å². The number of imide groups is 1. The number of carbonyl (C=O) groups is 2. The van der Waals surface area contributed by atoms with E-state index in [1.165, 1.54) is 10.5 Å². The molecule has 0 aromatic heterocycles. The molecule has 2 amide bonds. The molecule has 0 bridgehead atoms. The second-order valence-corrected chi connectivity index (χ2v) is 5.85. The summed E-state index contributed by atoms with van der Waals surface area (Å²) >= 11 is 0. The monoisotopic (exact) mass is 308 g/mol. The largest absolute Gasteiger partial charge is 0.373 e. The number of aryl methyl sites for hydroxylation is 2. The second kappa shape index (κ2) is 6.24. The Hall–Kier alpha value is -2.62. The number of rotatable bonds is 4. The van der Waals surface area contributed by atoms with Crippen LogP contribution in [0.2, 0.25) is 0 Å². The van der Waals surface area contributed by atoms with Crippen LogP contribution >= 0.6 is 0 Å². The Morgan fingerprint density at radius 1 is 1.04 bits per heavy atom. The summed E-state index contributed by atoms with van der Waals surface area (Å²) in [7, 11) is 0. The van der Waals surface area contributed by atoms with Crippen LogP contribution in [0.4, 0.5) is 11.4 Å². The first-order valence-corrected chi connectivity index (χ1v) is 7.87. The third kappa shape index (κ3) is 3.11. The number of nitrogens with zero attached hydrogens (tertiary/aromatic N) is 1. The van der Waals surface area contributed by atoms with E-state index in [1.807, 2.05) is 55.5 Å². The molecule has 23 heavy (non-hydrogen) atoms. The summed E-state index contributed by atoms with van der Waals surface area (Å²) in [5.74, 6) is -0.358. The summed E-state index contributed by atoms with van der Waals surface area (Å²) in [6, 6.07) is 14.9. The van der Waals surface area contributed by atoms with Crippen LogP contribution in [0.25, 0.3) is 0 Å². The lowest BCUT2D eigenvalue weighted by molar-refractivity contribution is -0.121. The highest BCUT2D eigenvalue weighted by molar-refractivity contribution is 6.23. The van der Waals surface area contributed by atoms with Crippen molar-refractivity contribution in [1.29, 1.82) is 0 Å². The Balaban J connectivity index is 1.77. The number of amides is 2. The fraction of sp³-hybridized carbons (Fsp3) is 0.263. The Kier molecular flexibility index (Phi) is 4.15. The number of anilines is 2. The maximum atomic E-state index is 12.6. The van der Waals surface area contributed by atoms with Crippen LogP contribution in [-0.4, -0.2) is 17.9 Å². The SMILES string of the molecule is CCc1ccc(N2C(=O)CC(Nc3ccc(C)cc3)C2=O)cc1. The van der Waals surface area contributed by atoms with Crippen LogP contribution in [0, 0.1) is 6.92 Å². The molecule has 118 valence electrons. The number of hydrogen-bond donors (Lipinski definition) is 1. The first-order valence-electron chi connectivity index (χ1n) is 7.87. The summed E-state index contributed by atoms with van der Waals surface area (Å²) in [5.41, 5.74) is 3.83. The molecule has 1 saturated heterocycles. The molecule has 1 aliphatic heterocycles. The summed E-state index contributed by atoms with van der Waals surface area (Å²) in [4.78, 5) is 26.1. The zero-order valence-corrected chi connectivity index (χ0v) is 13.4. The minimum Gasteiger partial charge on any atom is -0.373 e. The molecule has 4 heteroatoms. The quantitative estimate of drug-likeness (QED) is 0.882. The van der Waals surface area contributed by atoms with Gasteiger partial charge in [-0.3, -0.25) is 9.59 Å². The molecular weight excluding hydrogens is 288 g/mol. The maximum absolute atomic E-state index is 12.6. The van der Waals surface area contributed by atoms with Gasteiger partial charge < -0.3 is 5.32 Å². The van der Waals surface area contributed by atoms with Gasteiger partial charge in [-0.1, -0.05) is 36.8 Å². The molecule has 1 aliphatic rings. The smallest absolute Gasteiger partial charge is 0.256 e. The molecule has 4 nitrogen and oxygen atoms in total. The van der Waals surface area contributed by atoms with E-state index in [4.69, 9.17) is 0 Å². The molecular formula is C19H20N2O2. The van der Waals surface area contributed by atoms with Crippen LogP contribution in [0.1, 0.15) is 24.5 Å². The van der Waals surface area contributed by atoms with Gasteiger partial charge in [-0.25, -0.2) is 4.90 Å². The molecule has 1 heterocycles. The van der Waals surface area contributed by atoms with Gasteiger partial charge in [0.2, 0.25) is 5.91 Å². The molecule has 2 aromatic rings. The zero-order chi connectivity index (χ0) is 16.4. The van der Waals surface area contributed by atoms with E-state index < -0.39 is 6.04 Å². The van der Waals surface area contributed by atoms with Crippen molar-refractivity contribution >= 4 is 23.2 Å². The summed E-state index contributed by atoms with van der Waals surface area (Å²) in [6.07, 6.45) is 1.11. The number of hydrogen-bond acceptors (Lipinski definition) is 3. The Labute approximate surface area is 136 Å². The van der Waals surface area contributed by atoms with E-state index in [0.717, 1.165) is 17.7 Å². The number of nitrogens with one attached hydrogen (secondary N) is 1. The highest BCUT2D eigenvalue weighted by Gasteiger charge is 2.39. The van der Waals surface area contributed by atoms with E-state index in [1.54, 1.807) is 0 Å².